The summed E-state index contributed by atoms with van der Waals surface area (Å²) in [6.45, 7) is 3.02. The van der Waals surface area contributed by atoms with Gasteiger partial charge >= 0.3 is 0 Å². The Kier molecular flexibility index (Phi) is 8.41. The van der Waals surface area contributed by atoms with Gasteiger partial charge in [0.2, 0.25) is 0 Å². The summed E-state index contributed by atoms with van der Waals surface area (Å²) < 4.78 is 10.8. The third-order valence-electron chi connectivity index (χ3n) is 3.98. The number of hydrogen-bond donors (Lipinski definition) is 1. The quantitative estimate of drug-likeness (QED) is 0.510. The topological polar surface area (TPSA) is 30.5 Å². The van der Waals surface area contributed by atoms with Crippen LogP contribution in [-0.4, -0.2) is 25.2 Å². The Balaban J connectivity index is 1.78. The van der Waals surface area contributed by atoms with Crippen LogP contribution in [0.3, 0.4) is 0 Å². The van der Waals surface area contributed by atoms with E-state index >= 15 is 0 Å². The minimum atomic E-state index is 0.222. The maximum Gasteiger partial charge on any atom is 0.162 e. The zero-order valence-electron chi connectivity index (χ0n) is 15.8. The van der Waals surface area contributed by atoms with Crippen LogP contribution in [0.5, 0.6) is 11.5 Å². The van der Waals surface area contributed by atoms with E-state index in [0.29, 0.717) is 11.5 Å². The molecule has 2 rings (SSSR count). The smallest absolute Gasteiger partial charge is 0.162 e. The SMILES string of the molecule is C#CCOc1ccc(CCC(=S)NCC=Cc2ccc(C)cc2)cc1OC. The summed E-state index contributed by atoms with van der Waals surface area (Å²) in [6, 6.07) is 14.3. The van der Waals surface area contributed by atoms with Crippen LogP contribution in [-0.2, 0) is 6.42 Å². The first-order valence-electron chi connectivity index (χ1n) is 8.85. The highest BCUT2D eigenvalue weighted by Crippen LogP contribution is 2.28. The zero-order chi connectivity index (χ0) is 19.5. The van der Waals surface area contributed by atoms with Crippen LogP contribution in [0.4, 0.5) is 0 Å². The van der Waals surface area contributed by atoms with Crippen molar-refractivity contribution in [3.8, 4) is 23.8 Å². The number of aryl methyl sites for hydroxylation is 2. The van der Waals surface area contributed by atoms with Gasteiger partial charge in [-0.2, -0.15) is 0 Å². The Morgan fingerprint density at radius 1 is 1.19 bits per heavy atom. The third kappa shape index (κ3) is 7.16. The summed E-state index contributed by atoms with van der Waals surface area (Å²) in [5.41, 5.74) is 3.59. The largest absolute Gasteiger partial charge is 0.493 e. The number of methoxy groups -OCH3 is 1. The molecule has 0 amide bonds. The van der Waals surface area contributed by atoms with E-state index < -0.39 is 0 Å². The fraction of sp³-hybridized carbons (Fsp3) is 0.261. The van der Waals surface area contributed by atoms with Gasteiger partial charge in [0.25, 0.3) is 0 Å². The van der Waals surface area contributed by atoms with Gasteiger partial charge in [-0.25, -0.2) is 0 Å². The number of terminal acetylenes is 1. The Morgan fingerprint density at radius 3 is 2.67 bits per heavy atom. The number of benzene rings is 2. The molecule has 0 radical (unpaired) electrons. The summed E-state index contributed by atoms with van der Waals surface area (Å²) >= 11 is 5.42. The fourth-order valence-electron chi connectivity index (χ4n) is 2.50. The molecule has 140 valence electrons. The summed E-state index contributed by atoms with van der Waals surface area (Å²) in [7, 11) is 1.62. The molecule has 4 heteroatoms. The molecule has 0 saturated carbocycles. The predicted molar refractivity (Wildman–Crippen MR) is 116 cm³/mol. The lowest BCUT2D eigenvalue weighted by Crippen LogP contribution is -2.21. The Bertz CT molecular complexity index is 819. The fourth-order valence-corrected chi connectivity index (χ4v) is 2.68. The van der Waals surface area contributed by atoms with E-state index in [4.69, 9.17) is 28.1 Å². The molecule has 0 aromatic heterocycles. The van der Waals surface area contributed by atoms with Crippen molar-refractivity contribution < 1.29 is 9.47 Å². The van der Waals surface area contributed by atoms with Crippen molar-refractivity contribution in [1.29, 1.82) is 0 Å². The van der Waals surface area contributed by atoms with Crippen LogP contribution in [0.2, 0.25) is 0 Å². The van der Waals surface area contributed by atoms with E-state index in [-0.39, 0.29) is 6.61 Å². The highest BCUT2D eigenvalue weighted by molar-refractivity contribution is 7.80. The van der Waals surface area contributed by atoms with E-state index in [1.807, 2.05) is 18.2 Å². The number of hydrogen-bond acceptors (Lipinski definition) is 3. The van der Waals surface area contributed by atoms with Crippen LogP contribution in [0.25, 0.3) is 6.08 Å². The normalized spacial score (nSPS) is 10.4. The summed E-state index contributed by atoms with van der Waals surface area (Å²) in [6.07, 6.45) is 11.0. The van der Waals surface area contributed by atoms with Crippen molar-refractivity contribution in [2.45, 2.75) is 19.8 Å². The first-order chi connectivity index (χ1) is 13.1. The molecule has 27 heavy (non-hydrogen) atoms. The Morgan fingerprint density at radius 2 is 1.96 bits per heavy atom. The van der Waals surface area contributed by atoms with Gasteiger partial charge in [-0.15, -0.1) is 6.42 Å². The van der Waals surface area contributed by atoms with E-state index in [9.17, 15) is 0 Å². The molecule has 0 fully saturated rings. The molecule has 0 bridgehead atoms. The second-order valence-electron chi connectivity index (χ2n) is 6.10. The van der Waals surface area contributed by atoms with Gasteiger partial charge in [0.05, 0.1) is 12.1 Å². The summed E-state index contributed by atoms with van der Waals surface area (Å²) in [5, 5.41) is 3.27. The van der Waals surface area contributed by atoms with E-state index in [2.05, 4.69) is 54.6 Å². The number of nitrogens with one attached hydrogen (secondary N) is 1. The van der Waals surface area contributed by atoms with Crippen molar-refractivity contribution in [2.24, 2.45) is 0 Å². The van der Waals surface area contributed by atoms with E-state index in [0.717, 1.165) is 29.9 Å². The molecule has 0 heterocycles. The molecule has 0 atom stereocenters. The standard InChI is InChI=1S/C23H25NO2S/c1-4-16-26-21-13-11-20(17-22(21)25-3)12-14-23(27)24-15-5-6-19-9-7-18(2)8-10-19/h1,5-11,13,17H,12,14-16H2,2-3H3,(H,24,27). The van der Waals surface area contributed by atoms with Crippen molar-refractivity contribution in [3.05, 3.63) is 65.2 Å². The molecule has 2 aromatic carbocycles. The van der Waals surface area contributed by atoms with Crippen molar-refractivity contribution in [3.63, 3.8) is 0 Å². The minimum absolute atomic E-state index is 0.222. The average Bonchev–Trinajstić information content (AvgIpc) is 2.69. The minimum Gasteiger partial charge on any atom is -0.493 e. The number of thiocarbonyl (C=S) groups is 1. The first kappa shape index (κ1) is 20.5. The lowest BCUT2D eigenvalue weighted by molar-refractivity contribution is 0.330. The molecular weight excluding hydrogens is 354 g/mol. The monoisotopic (exact) mass is 379 g/mol. The van der Waals surface area contributed by atoms with Crippen LogP contribution in [0.1, 0.15) is 23.1 Å². The van der Waals surface area contributed by atoms with Crippen LogP contribution >= 0.6 is 12.2 Å². The molecule has 0 saturated heterocycles. The van der Waals surface area contributed by atoms with Gasteiger partial charge in [0.1, 0.15) is 6.61 Å². The van der Waals surface area contributed by atoms with Crippen molar-refractivity contribution in [2.75, 3.05) is 20.3 Å². The van der Waals surface area contributed by atoms with Gasteiger partial charge in [-0.1, -0.05) is 66.2 Å². The molecule has 0 aliphatic heterocycles. The summed E-state index contributed by atoms with van der Waals surface area (Å²) in [5.74, 6) is 3.79. The van der Waals surface area contributed by atoms with Gasteiger partial charge < -0.3 is 14.8 Å². The van der Waals surface area contributed by atoms with Crippen molar-refractivity contribution >= 4 is 23.3 Å². The lowest BCUT2D eigenvalue weighted by Gasteiger charge is -2.11. The second-order valence-corrected chi connectivity index (χ2v) is 6.59. The molecule has 0 spiro atoms. The Labute approximate surface area is 167 Å². The molecule has 0 aliphatic carbocycles. The molecule has 0 aliphatic rings. The average molecular weight is 380 g/mol. The highest BCUT2D eigenvalue weighted by Gasteiger charge is 2.06. The zero-order valence-corrected chi connectivity index (χ0v) is 16.6. The first-order valence-corrected chi connectivity index (χ1v) is 9.26. The maximum absolute atomic E-state index is 5.46. The molecule has 2 aromatic rings. The molecule has 3 nitrogen and oxygen atoms in total. The molecular formula is C23H25NO2S. The lowest BCUT2D eigenvalue weighted by atomic mass is 10.1. The number of rotatable bonds is 9. The van der Waals surface area contributed by atoms with Crippen LogP contribution in [0, 0.1) is 19.3 Å². The molecule has 0 unspecified atom stereocenters. The number of ether oxygens (including phenoxy) is 2. The van der Waals surface area contributed by atoms with Gasteiger partial charge in [0.15, 0.2) is 11.5 Å². The van der Waals surface area contributed by atoms with Crippen molar-refractivity contribution in [1.82, 2.24) is 5.32 Å². The van der Waals surface area contributed by atoms with Gasteiger partial charge in [-0.05, 0) is 36.6 Å². The van der Waals surface area contributed by atoms with Crippen LogP contribution < -0.4 is 14.8 Å². The highest BCUT2D eigenvalue weighted by atomic mass is 32.1. The van der Waals surface area contributed by atoms with Crippen LogP contribution in [0.15, 0.2) is 48.5 Å². The molecule has 1 N–H and O–H groups in total. The maximum atomic E-state index is 5.46. The van der Waals surface area contributed by atoms with E-state index in [1.54, 1.807) is 7.11 Å². The predicted octanol–water partition coefficient (Wildman–Crippen LogP) is 4.58. The van der Waals surface area contributed by atoms with Gasteiger partial charge in [0, 0.05) is 13.0 Å². The van der Waals surface area contributed by atoms with Gasteiger partial charge in [-0.3, -0.25) is 0 Å². The van der Waals surface area contributed by atoms with E-state index in [1.165, 1.54) is 11.1 Å². The summed E-state index contributed by atoms with van der Waals surface area (Å²) in [4.78, 5) is 0.843. The Hall–Kier alpha value is -2.77. The second kappa shape index (κ2) is 11.1. The third-order valence-corrected chi connectivity index (χ3v) is 4.33.